The molecule has 0 spiro atoms. The van der Waals surface area contributed by atoms with Crippen molar-refractivity contribution >= 4 is 17.6 Å². The van der Waals surface area contributed by atoms with Gasteiger partial charge in [-0.15, -0.1) is 5.10 Å². The Kier molecular flexibility index (Phi) is 5.83. The third-order valence-electron chi connectivity index (χ3n) is 5.63. The number of hydrogen-bond acceptors (Lipinski definition) is 5. The van der Waals surface area contributed by atoms with Gasteiger partial charge in [-0.05, 0) is 29.7 Å². The van der Waals surface area contributed by atoms with Crippen LogP contribution in [0, 0.1) is 0 Å². The minimum Gasteiger partial charge on any atom is -0.471 e. The van der Waals surface area contributed by atoms with E-state index in [1.165, 1.54) is 5.56 Å². The first-order chi connectivity index (χ1) is 14.5. The van der Waals surface area contributed by atoms with Crippen LogP contribution in [0.4, 0.5) is 10.5 Å². The minimum absolute atomic E-state index is 0.0504. The standard InChI is InChI=1S/C22H27N5O3/c1-16(2)17-5-7-18(8-6-17)27-13-12-26(22(27)29)15-21(28)25-11-9-19(14-25)30-20-4-3-10-23-24-20/h3-8,10,16,19H,9,11-15H2,1-2H3. The number of carbonyl (C=O) groups excluding carboxylic acids is 2. The van der Waals surface area contributed by atoms with Gasteiger partial charge in [0.2, 0.25) is 11.8 Å². The number of benzene rings is 1. The lowest BCUT2D eigenvalue weighted by Crippen LogP contribution is -2.42. The van der Waals surface area contributed by atoms with E-state index in [-0.39, 0.29) is 24.6 Å². The van der Waals surface area contributed by atoms with Crippen LogP contribution in [0.25, 0.3) is 0 Å². The molecule has 1 atom stereocenters. The van der Waals surface area contributed by atoms with E-state index in [9.17, 15) is 9.59 Å². The molecular formula is C22H27N5O3. The number of ether oxygens (including phenoxy) is 1. The van der Waals surface area contributed by atoms with Crippen LogP contribution in [0.15, 0.2) is 42.6 Å². The smallest absolute Gasteiger partial charge is 0.325 e. The van der Waals surface area contributed by atoms with Crippen molar-refractivity contribution in [2.24, 2.45) is 0 Å². The Hall–Kier alpha value is -3.16. The van der Waals surface area contributed by atoms with Crippen molar-refractivity contribution in [2.75, 3.05) is 37.6 Å². The number of likely N-dealkylation sites (tertiary alicyclic amines) is 1. The summed E-state index contributed by atoms with van der Waals surface area (Å²) in [5.74, 6) is 0.862. The molecule has 8 nitrogen and oxygen atoms in total. The summed E-state index contributed by atoms with van der Waals surface area (Å²) in [7, 11) is 0. The molecule has 30 heavy (non-hydrogen) atoms. The second-order valence-corrected chi connectivity index (χ2v) is 8.03. The third kappa shape index (κ3) is 4.37. The van der Waals surface area contributed by atoms with Gasteiger partial charge in [-0.2, -0.15) is 5.10 Å². The van der Waals surface area contributed by atoms with Crippen molar-refractivity contribution in [2.45, 2.75) is 32.3 Å². The summed E-state index contributed by atoms with van der Waals surface area (Å²) in [5, 5.41) is 7.72. The van der Waals surface area contributed by atoms with E-state index in [4.69, 9.17) is 4.74 Å². The fourth-order valence-electron chi connectivity index (χ4n) is 3.84. The highest BCUT2D eigenvalue weighted by atomic mass is 16.5. The fraction of sp³-hybridized carbons (Fsp3) is 0.455. The molecule has 3 heterocycles. The van der Waals surface area contributed by atoms with Gasteiger partial charge in [-0.3, -0.25) is 9.69 Å². The molecule has 2 saturated heterocycles. The van der Waals surface area contributed by atoms with E-state index >= 15 is 0 Å². The van der Waals surface area contributed by atoms with Crippen molar-refractivity contribution < 1.29 is 14.3 Å². The molecule has 0 bridgehead atoms. The summed E-state index contributed by atoms with van der Waals surface area (Å²) in [6, 6.07) is 11.5. The molecule has 2 aliphatic rings. The van der Waals surface area contributed by atoms with Crippen LogP contribution in [0.2, 0.25) is 0 Å². The summed E-state index contributed by atoms with van der Waals surface area (Å²) in [5.41, 5.74) is 2.11. The van der Waals surface area contributed by atoms with Crippen molar-refractivity contribution in [1.82, 2.24) is 20.0 Å². The van der Waals surface area contributed by atoms with Gasteiger partial charge in [-0.25, -0.2) is 4.79 Å². The number of aromatic nitrogens is 2. The molecule has 1 unspecified atom stereocenters. The lowest BCUT2D eigenvalue weighted by Gasteiger charge is -2.22. The molecule has 3 amide bonds. The van der Waals surface area contributed by atoms with Gasteiger partial charge in [0.1, 0.15) is 12.6 Å². The Bertz CT molecular complexity index is 887. The first-order valence-corrected chi connectivity index (χ1v) is 10.4. The van der Waals surface area contributed by atoms with Crippen LogP contribution >= 0.6 is 0 Å². The number of nitrogens with zero attached hydrogens (tertiary/aromatic N) is 5. The second-order valence-electron chi connectivity index (χ2n) is 8.03. The molecule has 1 aromatic carbocycles. The van der Waals surface area contributed by atoms with Gasteiger partial charge in [0.05, 0.1) is 6.54 Å². The molecule has 1 aromatic heterocycles. The van der Waals surface area contributed by atoms with E-state index in [2.05, 4.69) is 36.2 Å². The Balaban J connectivity index is 1.30. The van der Waals surface area contributed by atoms with Gasteiger partial charge in [0.15, 0.2) is 0 Å². The molecule has 0 saturated carbocycles. The fourth-order valence-corrected chi connectivity index (χ4v) is 3.84. The van der Waals surface area contributed by atoms with Crippen LogP contribution in [0.5, 0.6) is 5.88 Å². The van der Waals surface area contributed by atoms with E-state index in [0.717, 1.165) is 12.1 Å². The lowest BCUT2D eigenvalue weighted by molar-refractivity contribution is -0.130. The van der Waals surface area contributed by atoms with Crippen molar-refractivity contribution in [1.29, 1.82) is 0 Å². The highest BCUT2D eigenvalue weighted by Crippen LogP contribution is 2.24. The zero-order valence-electron chi connectivity index (χ0n) is 17.4. The number of rotatable bonds is 6. The number of urea groups is 1. The molecular weight excluding hydrogens is 382 g/mol. The van der Waals surface area contributed by atoms with E-state index in [0.29, 0.717) is 38.0 Å². The van der Waals surface area contributed by atoms with Gasteiger partial charge in [-0.1, -0.05) is 26.0 Å². The quantitative estimate of drug-likeness (QED) is 0.733. The van der Waals surface area contributed by atoms with Gasteiger partial charge in [0, 0.05) is 44.0 Å². The maximum Gasteiger partial charge on any atom is 0.325 e. The predicted octanol–water partition coefficient (Wildman–Crippen LogP) is 2.52. The Morgan fingerprint density at radius 3 is 2.67 bits per heavy atom. The Labute approximate surface area is 176 Å². The number of anilines is 1. The number of amides is 3. The SMILES string of the molecule is CC(C)c1ccc(N2CCN(CC(=O)N3CCC(Oc4cccnn4)C3)C2=O)cc1. The van der Waals surface area contributed by atoms with Crippen LogP contribution in [0.1, 0.15) is 31.7 Å². The van der Waals surface area contributed by atoms with Crippen LogP contribution in [-0.4, -0.2) is 70.8 Å². The first-order valence-electron chi connectivity index (χ1n) is 10.4. The molecule has 2 aromatic rings. The summed E-state index contributed by atoms with van der Waals surface area (Å²) < 4.78 is 5.79. The molecule has 4 rings (SSSR count). The number of hydrogen-bond donors (Lipinski definition) is 0. The summed E-state index contributed by atoms with van der Waals surface area (Å²) in [4.78, 5) is 30.7. The van der Waals surface area contributed by atoms with E-state index in [1.807, 2.05) is 12.1 Å². The minimum atomic E-state index is -0.118. The topological polar surface area (TPSA) is 78.9 Å². The molecule has 2 aliphatic heterocycles. The van der Waals surface area contributed by atoms with E-state index in [1.54, 1.807) is 33.0 Å². The average Bonchev–Trinajstić information content (AvgIpc) is 3.36. The van der Waals surface area contributed by atoms with Crippen LogP contribution in [0.3, 0.4) is 0 Å². The second kappa shape index (κ2) is 8.69. The normalized spacial score (nSPS) is 19.1. The largest absolute Gasteiger partial charge is 0.471 e. The van der Waals surface area contributed by atoms with Gasteiger partial charge < -0.3 is 14.5 Å². The molecule has 0 radical (unpaired) electrons. The predicted molar refractivity (Wildman–Crippen MR) is 112 cm³/mol. The van der Waals surface area contributed by atoms with Crippen LogP contribution < -0.4 is 9.64 Å². The third-order valence-corrected chi connectivity index (χ3v) is 5.63. The maximum absolute atomic E-state index is 12.8. The zero-order chi connectivity index (χ0) is 21.1. The summed E-state index contributed by atoms with van der Waals surface area (Å²) in [6.07, 6.45) is 2.23. The molecule has 0 aliphatic carbocycles. The lowest BCUT2D eigenvalue weighted by atomic mass is 10.0. The maximum atomic E-state index is 12.8. The van der Waals surface area contributed by atoms with Crippen molar-refractivity contribution in [3.63, 3.8) is 0 Å². The Morgan fingerprint density at radius 2 is 1.97 bits per heavy atom. The van der Waals surface area contributed by atoms with Crippen LogP contribution in [-0.2, 0) is 4.79 Å². The van der Waals surface area contributed by atoms with Gasteiger partial charge in [0.25, 0.3) is 0 Å². The molecule has 0 N–H and O–H groups in total. The summed E-state index contributed by atoms with van der Waals surface area (Å²) >= 11 is 0. The van der Waals surface area contributed by atoms with E-state index < -0.39 is 0 Å². The first kappa shape index (κ1) is 20.1. The summed E-state index contributed by atoms with van der Waals surface area (Å²) in [6.45, 7) is 6.63. The molecule has 158 valence electrons. The highest BCUT2D eigenvalue weighted by molar-refractivity contribution is 5.96. The Morgan fingerprint density at radius 1 is 1.17 bits per heavy atom. The van der Waals surface area contributed by atoms with Crippen molar-refractivity contribution in [3.8, 4) is 5.88 Å². The zero-order valence-corrected chi connectivity index (χ0v) is 17.4. The molecule has 8 heteroatoms. The monoisotopic (exact) mass is 409 g/mol. The average molecular weight is 409 g/mol. The molecule has 2 fully saturated rings. The van der Waals surface area contributed by atoms with Gasteiger partial charge >= 0.3 is 6.03 Å². The highest BCUT2D eigenvalue weighted by Gasteiger charge is 2.34. The van der Waals surface area contributed by atoms with Crippen molar-refractivity contribution in [3.05, 3.63) is 48.2 Å². The number of carbonyl (C=O) groups is 2.